The lowest BCUT2D eigenvalue weighted by atomic mass is 9.86. The Bertz CT molecular complexity index is 755. The summed E-state index contributed by atoms with van der Waals surface area (Å²) in [5.41, 5.74) is 3.25. The smallest absolute Gasteiger partial charge is 0.194 e. The molecule has 2 aromatic carbocycles. The molecule has 0 heterocycles. The molecule has 1 aliphatic rings. The van der Waals surface area contributed by atoms with E-state index in [1.165, 1.54) is 6.08 Å². The van der Waals surface area contributed by atoms with Crippen LogP contribution < -0.4 is 4.90 Å². The third-order valence-corrected chi connectivity index (χ3v) is 3.65. The Morgan fingerprint density at radius 1 is 0.810 bits per heavy atom. The minimum absolute atomic E-state index is 0.0946. The normalized spacial score (nSPS) is 13.7. The molecule has 3 heteroatoms. The van der Waals surface area contributed by atoms with Crippen molar-refractivity contribution in [1.82, 2.24) is 0 Å². The molecule has 0 aliphatic heterocycles. The Labute approximate surface area is 123 Å². The Kier molecular flexibility index (Phi) is 3.18. The van der Waals surface area contributed by atoms with Crippen LogP contribution in [-0.4, -0.2) is 25.7 Å². The second kappa shape index (κ2) is 5.02. The molecule has 21 heavy (non-hydrogen) atoms. The monoisotopic (exact) mass is 277 g/mol. The van der Waals surface area contributed by atoms with Gasteiger partial charge in [0.2, 0.25) is 0 Å². The van der Waals surface area contributed by atoms with Crippen LogP contribution in [-0.2, 0) is 0 Å². The SMILES string of the molecule is CN(C)c1ccc(C2=CC(=O)c3ccccc3C2=O)cc1. The predicted octanol–water partition coefficient (Wildman–Crippen LogP) is 3.22. The summed E-state index contributed by atoms with van der Waals surface area (Å²) in [4.78, 5) is 26.7. The molecule has 0 radical (unpaired) electrons. The molecule has 1 aliphatic carbocycles. The summed E-state index contributed by atoms with van der Waals surface area (Å²) in [5.74, 6) is -0.209. The first-order chi connectivity index (χ1) is 10.1. The van der Waals surface area contributed by atoms with Gasteiger partial charge < -0.3 is 4.90 Å². The molecule has 0 spiro atoms. The van der Waals surface area contributed by atoms with Crippen molar-refractivity contribution < 1.29 is 9.59 Å². The number of hydrogen-bond acceptors (Lipinski definition) is 3. The van der Waals surface area contributed by atoms with Gasteiger partial charge >= 0.3 is 0 Å². The molecule has 0 unspecified atom stereocenters. The minimum atomic E-state index is -0.114. The van der Waals surface area contributed by atoms with Crippen LogP contribution in [0.15, 0.2) is 54.6 Å². The molecule has 0 fully saturated rings. The maximum absolute atomic E-state index is 12.6. The summed E-state index contributed by atoms with van der Waals surface area (Å²) in [6.07, 6.45) is 1.44. The van der Waals surface area contributed by atoms with Crippen molar-refractivity contribution in [2.75, 3.05) is 19.0 Å². The van der Waals surface area contributed by atoms with Crippen molar-refractivity contribution in [3.05, 3.63) is 71.3 Å². The standard InChI is InChI=1S/C18H15NO2/c1-19(2)13-9-7-12(8-10-13)16-11-17(20)14-5-3-4-6-15(14)18(16)21/h3-11H,1-2H3. The average molecular weight is 277 g/mol. The van der Waals surface area contributed by atoms with E-state index in [2.05, 4.69) is 0 Å². The van der Waals surface area contributed by atoms with Crippen LogP contribution in [0.5, 0.6) is 0 Å². The first kappa shape index (κ1) is 13.3. The van der Waals surface area contributed by atoms with Gasteiger partial charge in [0, 0.05) is 36.5 Å². The number of carbonyl (C=O) groups is 2. The zero-order chi connectivity index (χ0) is 15.0. The Morgan fingerprint density at radius 2 is 1.43 bits per heavy atom. The van der Waals surface area contributed by atoms with E-state index in [0.717, 1.165) is 11.3 Å². The van der Waals surface area contributed by atoms with Gasteiger partial charge in [0.1, 0.15) is 0 Å². The van der Waals surface area contributed by atoms with Crippen molar-refractivity contribution in [2.45, 2.75) is 0 Å². The van der Waals surface area contributed by atoms with Crippen LogP contribution in [0.4, 0.5) is 5.69 Å². The van der Waals surface area contributed by atoms with Crippen molar-refractivity contribution in [3.8, 4) is 0 Å². The summed E-state index contributed by atoms with van der Waals surface area (Å²) in [7, 11) is 3.92. The number of nitrogens with zero attached hydrogens (tertiary/aromatic N) is 1. The molecule has 0 aromatic heterocycles. The van der Waals surface area contributed by atoms with Crippen molar-refractivity contribution in [2.24, 2.45) is 0 Å². The Morgan fingerprint density at radius 3 is 2.05 bits per heavy atom. The van der Waals surface area contributed by atoms with Gasteiger partial charge in [-0.2, -0.15) is 0 Å². The number of hydrogen-bond donors (Lipinski definition) is 0. The van der Waals surface area contributed by atoms with Gasteiger partial charge in [0.05, 0.1) is 0 Å². The van der Waals surface area contributed by atoms with Crippen LogP contribution in [0.2, 0.25) is 0 Å². The van der Waals surface area contributed by atoms with Crippen LogP contribution in [0, 0.1) is 0 Å². The molecular formula is C18H15NO2. The molecule has 0 N–H and O–H groups in total. The van der Waals surface area contributed by atoms with Crippen LogP contribution in [0.3, 0.4) is 0 Å². The molecule has 0 saturated carbocycles. The quantitative estimate of drug-likeness (QED) is 0.846. The second-order valence-electron chi connectivity index (χ2n) is 5.24. The maximum atomic E-state index is 12.6. The van der Waals surface area contributed by atoms with Crippen molar-refractivity contribution in [3.63, 3.8) is 0 Å². The summed E-state index contributed by atoms with van der Waals surface area (Å²) in [6.45, 7) is 0. The minimum Gasteiger partial charge on any atom is -0.378 e. The molecule has 0 atom stereocenters. The molecule has 0 amide bonds. The zero-order valence-corrected chi connectivity index (χ0v) is 12.0. The first-order valence-electron chi connectivity index (χ1n) is 6.75. The van der Waals surface area contributed by atoms with Gasteiger partial charge in [-0.15, -0.1) is 0 Å². The predicted molar refractivity (Wildman–Crippen MR) is 83.8 cm³/mol. The lowest BCUT2D eigenvalue weighted by molar-refractivity contribution is 0.100. The highest BCUT2D eigenvalue weighted by Crippen LogP contribution is 2.28. The van der Waals surface area contributed by atoms with Crippen LogP contribution in [0.1, 0.15) is 26.3 Å². The lowest BCUT2D eigenvalue weighted by Crippen LogP contribution is -2.16. The molecule has 2 aromatic rings. The van der Waals surface area contributed by atoms with Crippen LogP contribution >= 0.6 is 0 Å². The van der Waals surface area contributed by atoms with E-state index in [9.17, 15) is 9.59 Å². The van der Waals surface area contributed by atoms with Gasteiger partial charge in [0.15, 0.2) is 11.6 Å². The summed E-state index contributed by atoms with van der Waals surface area (Å²) in [5, 5.41) is 0. The van der Waals surface area contributed by atoms with Crippen LogP contribution in [0.25, 0.3) is 5.57 Å². The molecule has 3 nitrogen and oxygen atoms in total. The molecule has 3 rings (SSSR count). The van der Waals surface area contributed by atoms with E-state index in [-0.39, 0.29) is 11.6 Å². The first-order valence-corrected chi connectivity index (χ1v) is 6.75. The topological polar surface area (TPSA) is 37.4 Å². The summed E-state index contributed by atoms with van der Waals surface area (Å²) >= 11 is 0. The summed E-state index contributed by atoms with van der Waals surface area (Å²) in [6, 6.07) is 14.6. The van der Waals surface area contributed by atoms with E-state index >= 15 is 0 Å². The van der Waals surface area contributed by atoms with Crippen molar-refractivity contribution >= 4 is 22.8 Å². The van der Waals surface area contributed by atoms with E-state index < -0.39 is 0 Å². The van der Waals surface area contributed by atoms with Gasteiger partial charge in [-0.05, 0) is 23.8 Å². The van der Waals surface area contributed by atoms with Gasteiger partial charge in [-0.1, -0.05) is 36.4 Å². The maximum Gasteiger partial charge on any atom is 0.194 e. The van der Waals surface area contributed by atoms with E-state index in [4.69, 9.17) is 0 Å². The van der Waals surface area contributed by atoms with E-state index in [0.29, 0.717) is 16.7 Å². The fraction of sp³-hybridized carbons (Fsp3) is 0.111. The number of benzene rings is 2. The van der Waals surface area contributed by atoms with Gasteiger partial charge in [-0.3, -0.25) is 9.59 Å². The highest BCUT2D eigenvalue weighted by atomic mass is 16.1. The molecule has 104 valence electrons. The molecular weight excluding hydrogens is 262 g/mol. The zero-order valence-electron chi connectivity index (χ0n) is 12.0. The number of ketones is 2. The number of Topliss-reactive ketones (excluding diaryl/α,β-unsaturated/α-hetero) is 1. The highest BCUT2D eigenvalue weighted by Gasteiger charge is 2.25. The number of fused-ring (bicyclic) bond motifs is 1. The number of carbonyl (C=O) groups excluding carboxylic acids is 2. The molecule has 0 saturated heterocycles. The van der Waals surface area contributed by atoms with Gasteiger partial charge in [-0.25, -0.2) is 0 Å². The Balaban J connectivity index is 2.04. The Hall–Kier alpha value is -2.68. The molecule has 0 bridgehead atoms. The van der Waals surface area contributed by atoms with E-state index in [1.807, 2.05) is 43.3 Å². The highest BCUT2D eigenvalue weighted by molar-refractivity contribution is 6.38. The lowest BCUT2D eigenvalue weighted by Gasteiger charge is -2.16. The van der Waals surface area contributed by atoms with E-state index in [1.54, 1.807) is 24.3 Å². The van der Waals surface area contributed by atoms with Crippen molar-refractivity contribution in [1.29, 1.82) is 0 Å². The number of allylic oxidation sites excluding steroid dienone is 2. The second-order valence-corrected chi connectivity index (χ2v) is 5.24. The number of anilines is 1. The largest absolute Gasteiger partial charge is 0.378 e. The third-order valence-electron chi connectivity index (χ3n) is 3.65. The number of rotatable bonds is 2. The fourth-order valence-corrected chi connectivity index (χ4v) is 2.47. The van der Waals surface area contributed by atoms with Gasteiger partial charge in [0.25, 0.3) is 0 Å². The fourth-order valence-electron chi connectivity index (χ4n) is 2.47. The summed E-state index contributed by atoms with van der Waals surface area (Å²) < 4.78 is 0. The third kappa shape index (κ3) is 2.27. The average Bonchev–Trinajstić information content (AvgIpc) is 2.51.